The van der Waals surface area contributed by atoms with Crippen LogP contribution in [0.4, 0.5) is 5.82 Å². The summed E-state index contributed by atoms with van der Waals surface area (Å²) in [7, 11) is 0. The molecule has 3 atom stereocenters. The molecule has 7 heteroatoms. The van der Waals surface area contributed by atoms with Crippen molar-refractivity contribution >= 4 is 22.8 Å². The molecule has 2 aromatic rings. The number of amides is 1. The Morgan fingerprint density at radius 3 is 2.77 bits per heavy atom. The van der Waals surface area contributed by atoms with E-state index in [4.69, 9.17) is 9.97 Å². The molecule has 4 N–H and O–H groups in total. The molecular formula is C19H26N6O. The Kier molecular flexibility index (Phi) is 4.08. The molecule has 3 unspecified atom stereocenters. The summed E-state index contributed by atoms with van der Waals surface area (Å²) in [5.41, 5.74) is 9.39. The second-order valence-corrected chi connectivity index (χ2v) is 8.29. The summed E-state index contributed by atoms with van der Waals surface area (Å²) in [5.74, 6) is 0.864. The number of nitrogens with zero attached hydrogens (tertiary/aromatic N) is 2. The highest BCUT2D eigenvalue weighted by Gasteiger charge is 2.41. The van der Waals surface area contributed by atoms with Crippen LogP contribution in [0.3, 0.4) is 0 Å². The van der Waals surface area contributed by atoms with E-state index in [1.54, 1.807) is 0 Å². The van der Waals surface area contributed by atoms with E-state index in [0.29, 0.717) is 0 Å². The Morgan fingerprint density at radius 1 is 1.23 bits per heavy atom. The Bertz CT molecular complexity index is 859. The van der Waals surface area contributed by atoms with Crippen LogP contribution in [0.5, 0.6) is 0 Å². The summed E-state index contributed by atoms with van der Waals surface area (Å²) in [6, 6.07) is 6.35. The van der Waals surface area contributed by atoms with Crippen molar-refractivity contribution in [3.8, 4) is 0 Å². The maximum absolute atomic E-state index is 12.1. The zero-order chi connectivity index (χ0) is 18.5. The van der Waals surface area contributed by atoms with Crippen molar-refractivity contribution in [3.63, 3.8) is 0 Å². The van der Waals surface area contributed by atoms with Gasteiger partial charge >= 0.3 is 0 Å². The topological polar surface area (TPSA) is 91.0 Å². The molecule has 1 aromatic carbocycles. The fourth-order valence-corrected chi connectivity index (χ4v) is 3.85. The van der Waals surface area contributed by atoms with Crippen LogP contribution < -0.4 is 21.5 Å². The van der Waals surface area contributed by atoms with Gasteiger partial charge in [-0.1, -0.05) is 12.1 Å². The average Bonchev–Trinajstić information content (AvgIpc) is 2.99. The Labute approximate surface area is 153 Å². The van der Waals surface area contributed by atoms with Crippen LogP contribution in [-0.2, 0) is 4.79 Å². The van der Waals surface area contributed by atoms with Gasteiger partial charge in [0.15, 0.2) is 0 Å². The summed E-state index contributed by atoms with van der Waals surface area (Å²) >= 11 is 0. The van der Waals surface area contributed by atoms with Gasteiger partial charge < -0.3 is 10.6 Å². The van der Waals surface area contributed by atoms with Gasteiger partial charge in [-0.2, -0.15) is 0 Å². The number of anilines is 1. The van der Waals surface area contributed by atoms with Crippen molar-refractivity contribution in [3.05, 3.63) is 29.5 Å². The van der Waals surface area contributed by atoms with Gasteiger partial charge in [0.1, 0.15) is 5.82 Å². The Morgan fingerprint density at radius 2 is 2.04 bits per heavy atom. The number of hydrazine groups is 1. The molecule has 138 valence electrons. The molecule has 2 fully saturated rings. The van der Waals surface area contributed by atoms with Crippen molar-refractivity contribution in [1.82, 2.24) is 26.1 Å². The van der Waals surface area contributed by atoms with E-state index in [-0.39, 0.29) is 29.4 Å². The van der Waals surface area contributed by atoms with E-state index < -0.39 is 0 Å². The number of rotatable bonds is 2. The Hall–Kier alpha value is -2.25. The average molecular weight is 354 g/mol. The summed E-state index contributed by atoms with van der Waals surface area (Å²) in [4.78, 5) is 21.8. The molecule has 7 nitrogen and oxygen atoms in total. The molecule has 0 radical (unpaired) electrons. The molecule has 1 aromatic heterocycles. The number of para-hydroxylation sites is 1. The first-order chi connectivity index (χ1) is 12.3. The molecule has 0 spiro atoms. The first kappa shape index (κ1) is 17.2. The lowest BCUT2D eigenvalue weighted by Crippen LogP contribution is -2.56. The monoisotopic (exact) mass is 354 g/mol. The summed E-state index contributed by atoms with van der Waals surface area (Å²) in [5, 5.41) is 7.05. The van der Waals surface area contributed by atoms with E-state index in [1.165, 1.54) is 0 Å². The van der Waals surface area contributed by atoms with Crippen molar-refractivity contribution in [2.24, 2.45) is 5.92 Å². The number of carbonyl (C=O) groups excluding carboxylic acids is 1. The van der Waals surface area contributed by atoms with E-state index in [9.17, 15) is 4.79 Å². The number of aromatic nitrogens is 2. The lowest BCUT2D eigenvalue weighted by molar-refractivity contribution is -0.128. The minimum atomic E-state index is -0.0909. The molecule has 26 heavy (non-hydrogen) atoms. The standard InChI is InChI=1S/C19H26N6O/c1-10-17(24-19(2,3)4)23-16-11(6-5-7-13(16)21-10)14-8-12-15(22-14)9-20-25-18(12)26/h5-7,12,14-15,20,22H,8-9H2,1-4H3,(H,23,24)(H,25,26). The zero-order valence-electron chi connectivity index (χ0n) is 15.7. The number of benzene rings is 1. The van der Waals surface area contributed by atoms with E-state index in [2.05, 4.69) is 48.3 Å². The quantitative estimate of drug-likeness (QED) is 0.657. The highest BCUT2D eigenvalue weighted by atomic mass is 16.2. The predicted octanol–water partition coefficient (Wildman–Crippen LogP) is 1.80. The fraction of sp³-hybridized carbons (Fsp3) is 0.526. The maximum atomic E-state index is 12.1. The normalized spacial score (nSPS) is 25.8. The molecule has 0 saturated carbocycles. The summed E-state index contributed by atoms with van der Waals surface area (Å²) in [6.07, 6.45) is 0.773. The molecule has 2 aliphatic rings. The smallest absolute Gasteiger partial charge is 0.238 e. The van der Waals surface area contributed by atoms with Gasteiger partial charge in [0, 0.05) is 24.2 Å². The molecule has 1 amide bonds. The van der Waals surface area contributed by atoms with Gasteiger partial charge in [0.05, 0.1) is 22.6 Å². The lowest BCUT2D eigenvalue weighted by Gasteiger charge is -2.25. The molecule has 0 aliphatic carbocycles. The third-order valence-electron chi connectivity index (χ3n) is 5.03. The fourth-order valence-electron chi connectivity index (χ4n) is 3.85. The van der Waals surface area contributed by atoms with Crippen molar-refractivity contribution in [2.45, 2.75) is 51.7 Å². The largest absolute Gasteiger partial charge is 0.364 e. The number of fused-ring (bicyclic) bond motifs is 2. The van der Waals surface area contributed by atoms with Crippen LogP contribution in [-0.4, -0.2) is 34.0 Å². The second-order valence-electron chi connectivity index (χ2n) is 8.29. The van der Waals surface area contributed by atoms with Crippen molar-refractivity contribution in [2.75, 3.05) is 11.9 Å². The van der Waals surface area contributed by atoms with Gasteiger partial charge in [-0.3, -0.25) is 10.2 Å². The van der Waals surface area contributed by atoms with Crippen LogP contribution in [0.25, 0.3) is 11.0 Å². The van der Waals surface area contributed by atoms with Crippen molar-refractivity contribution in [1.29, 1.82) is 0 Å². The second kappa shape index (κ2) is 6.17. The first-order valence-electron chi connectivity index (χ1n) is 9.16. The van der Waals surface area contributed by atoms with E-state index in [0.717, 1.165) is 41.1 Å². The molecule has 4 rings (SSSR count). The predicted molar refractivity (Wildman–Crippen MR) is 102 cm³/mol. The minimum absolute atomic E-state index is 0.0120. The van der Waals surface area contributed by atoms with Gasteiger partial charge in [-0.05, 0) is 45.7 Å². The molecule has 0 bridgehead atoms. The third kappa shape index (κ3) is 3.12. The minimum Gasteiger partial charge on any atom is -0.364 e. The zero-order valence-corrected chi connectivity index (χ0v) is 15.7. The maximum Gasteiger partial charge on any atom is 0.238 e. The van der Waals surface area contributed by atoms with Crippen molar-refractivity contribution < 1.29 is 4.79 Å². The first-order valence-corrected chi connectivity index (χ1v) is 9.16. The summed E-state index contributed by atoms with van der Waals surface area (Å²) < 4.78 is 0. The van der Waals surface area contributed by atoms with Crippen LogP contribution in [0.15, 0.2) is 18.2 Å². The number of nitrogens with one attached hydrogen (secondary N) is 4. The summed E-state index contributed by atoms with van der Waals surface area (Å²) in [6.45, 7) is 9.04. The molecule has 2 saturated heterocycles. The lowest BCUT2D eigenvalue weighted by atomic mass is 9.94. The molecular weight excluding hydrogens is 328 g/mol. The number of carbonyl (C=O) groups is 1. The number of hydrogen-bond acceptors (Lipinski definition) is 6. The number of hydrogen-bond donors (Lipinski definition) is 4. The molecule has 3 heterocycles. The van der Waals surface area contributed by atoms with Gasteiger partial charge in [-0.15, -0.1) is 0 Å². The molecule has 2 aliphatic heterocycles. The van der Waals surface area contributed by atoms with Crippen LogP contribution in [0.2, 0.25) is 0 Å². The van der Waals surface area contributed by atoms with E-state index >= 15 is 0 Å². The van der Waals surface area contributed by atoms with Gasteiger partial charge in [-0.25, -0.2) is 15.4 Å². The number of aryl methyl sites for hydroxylation is 1. The van der Waals surface area contributed by atoms with Crippen LogP contribution in [0, 0.1) is 12.8 Å². The van der Waals surface area contributed by atoms with Gasteiger partial charge in [0.25, 0.3) is 0 Å². The van der Waals surface area contributed by atoms with Crippen LogP contribution >= 0.6 is 0 Å². The van der Waals surface area contributed by atoms with Gasteiger partial charge in [0.2, 0.25) is 5.91 Å². The van der Waals surface area contributed by atoms with Crippen LogP contribution in [0.1, 0.15) is 44.5 Å². The highest BCUT2D eigenvalue weighted by molar-refractivity contribution is 5.82. The van der Waals surface area contributed by atoms with E-state index in [1.807, 2.05) is 19.1 Å². The third-order valence-corrected chi connectivity index (χ3v) is 5.03. The highest BCUT2D eigenvalue weighted by Crippen LogP contribution is 2.35. The Balaban J connectivity index is 1.73. The SMILES string of the molecule is Cc1nc2cccc(C3CC4C(=O)NNCC4N3)c2nc1NC(C)(C)C.